The predicted molar refractivity (Wildman–Crippen MR) is 73.6 cm³/mol. The van der Waals surface area contributed by atoms with Crippen LogP contribution in [0.15, 0.2) is 36.4 Å². The molecule has 0 bridgehead atoms. The second kappa shape index (κ2) is 4.01. The molecular weight excluding hydrogens is 280 g/mol. The van der Waals surface area contributed by atoms with E-state index < -0.39 is 0 Å². The lowest BCUT2D eigenvalue weighted by atomic mass is 9.75. The molecule has 0 nitrogen and oxygen atoms in total. The van der Waals surface area contributed by atoms with Gasteiger partial charge in [0.15, 0.2) is 0 Å². The van der Waals surface area contributed by atoms with Gasteiger partial charge in [-0.15, -0.1) is 11.3 Å². The highest BCUT2D eigenvalue weighted by atomic mass is 79.9. The zero-order valence-corrected chi connectivity index (χ0v) is 11.5. The van der Waals surface area contributed by atoms with E-state index in [0.29, 0.717) is 10.7 Å². The second-order valence-corrected chi connectivity index (χ2v) is 6.67. The molecule has 0 aliphatic heterocycles. The number of alkyl halides is 1. The molecule has 2 heteroatoms. The smallest absolute Gasteiger partial charge is 0.0560 e. The summed E-state index contributed by atoms with van der Waals surface area (Å²) in [6.07, 6.45) is 1.21. The number of benzene rings is 1. The van der Waals surface area contributed by atoms with Crippen molar-refractivity contribution in [2.45, 2.75) is 24.1 Å². The lowest BCUT2D eigenvalue weighted by Crippen LogP contribution is -2.20. The molecule has 0 fully saturated rings. The van der Waals surface area contributed by atoms with Crippen LogP contribution in [-0.4, -0.2) is 0 Å². The topological polar surface area (TPSA) is 0 Å². The summed E-state index contributed by atoms with van der Waals surface area (Å²) in [6, 6.07) is 13.2. The van der Waals surface area contributed by atoms with E-state index in [9.17, 15) is 0 Å². The number of hydrogen-bond donors (Lipinski definition) is 0. The Balaban J connectivity index is 1.87. The quantitative estimate of drug-likeness (QED) is 0.695. The maximum absolute atomic E-state index is 3.86. The number of fused-ring (bicyclic) bond motifs is 1. The summed E-state index contributed by atoms with van der Waals surface area (Å²) in [7, 11) is 0. The van der Waals surface area contributed by atoms with Gasteiger partial charge in [-0.05, 0) is 36.6 Å². The Morgan fingerprint density at radius 1 is 1.25 bits per heavy atom. The molecule has 2 aromatic rings. The first-order valence-electron chi connectivity index (χ1n) is 5.54. The fraction of sp³-hybridized carbons (Fsp3) is 0.286. The minimum Gasteiger partial charge on any atom is -0.145 e. The van der Waals surface area contributed by atoms with Crippen LogP contribution in [0.5, 0.6) is 0 Å². The Kier molecular flexibility index (Phi) is 2.64. The van der Waals surface area contributed by atoms with Crippen molar-refractivity contribution in [3.05, 3.63) is 57.3 Å². The fourth-order valence-corrected chi connectivity index (χ4v) is 4.18. The third-order valence-electron chi connectivity index (χ3n) is 3.28. The Labute approximate surface area is 108 Å². The first-order chi connectivity index (χ1) is 7.75. The number of aryl methyl sites for hydroxylation is 1. The van der Waals surface area contributed by atoms with Crippen molar-refractivity contribution in [2.75, 3.05) is 0 Å². The average molecular weight is 293 g/mol. The molecule has 3 rings (SSSR count). The summed E-state index contributed by atoms with van der Waals surface area (Å²) >= 11 is 5.76. The molecule has 0 amide bonds. The van der Waals surface area contributed by atoms with Crippen molar-refractivity contribution in [1.29, 1.82) is 0 Å². The number of thiophene rings is 1. The standard InChI is InChI=1S/C14H13BrS/c1-9-6-7-13(16-9)14(15)12-8-10-4-2-3-5-11(10)12/h2-7,12,14H,8H2,1H3. The molecule has 0 saturated carbocycles. The summed E-state index contributed by atoms with van der Waals surface area (Å²) in [5, 5.41) is 0. The molecule has 1 aromatic heterocycles. The van der Waals surface area contributed by atoms with E-state index in [4.69, 9.17) is 0 Å². The van der Waals surface area contributed by atoms with Gasteiger partial charge in [-0.1, -0.05) is 40.2 Å². The Hall–Kier alpha value is -0.600. The zero-order chi connectivity index (χ0) is 11.1. The molecule has 0 spiro atoms. The molecule has 1 heterocycles. The van der Waals surface area contributed by atoms with Crippen molar-refractivity contribution in [3.8, 4) is 0 Å². The normalized spacial score (nSPS) is 20.0. The average Bonchev–Trinajstić information content (AvgIpc) is 2.67. The first kappa shape index (κ1) is 10.5. The van der Waals surface area contributed by atoms with Crippen LogP contribution in [-0.2, 0) is 6.42 Å². The molecule has 1 aliphatic rings. The summed E-state index contributed by atoms with van der Waals surface area (Å²) in [5.74, 6) is 0.661. The monoisotopic (exact) mass is 292 g/mol. The van der Waals surface area contributed by atoms with Crippen LogP contribution in [0.2, 0.25) is 0 Å². The lowest BCUT2D eigenvalue weighted by molar-refractivity contribution is 0.605. The lowest BCUT2D eigenvalue weighted by Gasteiger charge is -2.33. The van der Waals surface area contributed by atoms with Crippen molar-refractivity contribution < 1.29 is 0 Å². The molecule has 0 N–H and O–H groups in total. The van der Waals surface area contributed by atoms with Gasteiger partial charge >= 0.3 is 0 Å². The van der Waals surface area contributed by atoms with Gasteiger partial charge in [-0.2, -0.15) is 0 Å². The highest BCUT2D eigenvalue weighted by Crippen LogP contribution is 2.49. The van der Waals surface area contributed by atoms with Gasteiger partial charge in [0.1, 0.15) is 0 Å². The van der Waals surface area contributed by atoms with Crippen LogP contribution in [0.25, 0.3) is 0 Å². The molecule has 82 valence electrons. The number of rotatable bonds is 2. The van der Waals surface area contributed by atoms with E-state index in [1.54, 1.807) is 0 Å². The number of hydrogen-bond acceptors (Lipinski definition) is 1. The Morgan fingerprint density at radius 2 is 2.06 bits per heavy atom. The van der Waals surface area contributed by atoms with Gasteiger partial charge in [0, 0.05) is 15.7 Å². The van der Waals surface area contributed by atoms with E-state index in [0.717, 1.165) is 0 Å². The van der Waals surface area contributed by atoms with Crippen molar-refractivity contribution >= 4 is 27.3 Å². The molecule has 0 radical (unpaired) electrons. The van der Waals surface area contributed by atoms with Crippen LogP contribution in [0.1, 0.15) is 31.6 Å². The third kappa shape index (κ3) is 1.64. The van der Waals surface area contributed by atoms with Gasteiger partial charge < -0.3 is 0 Å². The van der Waals surface area contributed by atoms with Gasteiger partial charge in [0.05, 0.1) is 4.83 Å². The highest BCUT2D eigenvalue weighted by molar-refractivity contribution is 9.09. The van der Waals surface area contributed by atoms with E-state index in [1.165, 1.54) is 27.3 Å². The fourth-order valence-electron chi connectivity index (χ4n) is 2.36. The minimum atomic E-state index is 0.487. The zero-order valence-electron chi connectivity index (χ0n) is 9.11. The van der Waals surface area contributed by atoms with Crippen LogP contribution < -0.4 is 0 Å². The van der Waals surface area contributed by atoms with Gasteiger partial charge in [0.25, 0.3) is 0 Å². The van der Waals surface area contributed by atoms with Gasteiger partial charge in [0.2, 0.25) is 0 Å². The third-order valence-corrected chi connectivity index (χ3v) is 5.80. The largest absolute Gasteiger partial charge is 0.145 e. The summed E-state index contributed by atoms with van der Waals surface area (Å²) in [5.41, 5.74) is 3.04. The number of halogens is 1. The molecule has 2 atom stereocenters. The molecular formula is C14H13BrS. The van der Waals surface area contributed by atoms with Crippen molar-refractivity contribution in [3.63, 3.8) is 0 Å². The second-order valence-electron chi connectivity index (χ2n) is 4.36. The van der Waals surface area contributed by atoms with E-state index in [2.05, 4.69) is 59.3 Å². The maximum atomic E-state index is 3.86. The summed E-state index contributed by atoms with van der Waals surface area (Å²) < 4.78 is 0. The van der Waals surface area contributed by atoms with Crippen LogP contribution in [0.4, 0.5) is 0 Å². The minimum absolute atomic E-state index is 0.487. The molecule has 2 unspecified atom stereocenters. The van der Waals surface area contributed by atoms with E-state index >= 15 is 0 Å². The molecule has 0 saturated heterocycles. The van der Waals surface area contributed by atoms with Crippen molar-refractivity contribution in [1.82, 2.24) is 0 Å². The van der Waals surface area contributed by atoms with Gasteiger partial charge in [-0.3, -0.25) is 0 Å². The van der Waals surface area contributed by atoms with Crippen LogP contribution in [0, 0.1) is 6.92 Å². The molecule has 16 heavy (non-hydrogen) atoms. The summed E-state index contributed by atoms with van der Waals surface area (Å²) in [6.45, 7) is 2.17. The van der Waals surface area contributed by atoms with Crippen LogP contribution in [0.3, 0.4) is 0 Å². The predicted octanol–water partition coefficient (Wildman–Crippen LogP) is 4.83. The SMILES string of the molecule is Cc1ccc(C(Br)C2Cc3ccccc32)s1. The summed E-state index contributed by atoms with van der Waals surface area (Å²) in [4.78, 5) is 3.34. The molecule has 1 aliphatic carbocycles. The van der Waals surface area contributed by atoms with Gasteiger partial charge in [-0.25, -0.2) is 0 Å². The maximum Gasteiger partial charge on any atom is 0.0560 e. The first-order valence-corrected chi connectivity index (χ1v) is 7.27. The van der Waals surface area contributed by atoms with E-state index in [-0.39, 0.29) is 0 Å². The van der Waals surface area contributed by atoms with Crippen molar-refractivity contribution in [2.24, 2.45) is 0 Å². The Morgan fingerprint density at radius 3 is 2.75 bits per heavy atom. The molecule has 1 aromatic carbocycles. The Bertz CT molecular complexity index is 515. The van der Waals surface area contributed by atoms with E-state index in [1.807, 2.05) is 11.3 Å². The highest BCUT2D eigenvalue weighted by Gasteiger charge is 2.32. The van der Waals surface area contributed by atoms with Crippen LogP contribution >= 0.6 is 27.3 Å².